The van der Waals surface area contributed by atoms with E-state index in [1.165, 1.54) is 18.4 Å². The molecule has 2 heterocycles. The standard InChI is InChI=1S/C19H29ClN4O3S/c1-13-3-5-14(6-4-13)24(19(26)22-18-21-11-16(20)28-18)15-7-9-23(10-8-15)17(25)12-27-2/h11,13-15H,3-10,12H2,1-2H3,(H,21,22,26)/t13-,14-. The summed E-state index contributed by atoms with van der Waals surface area (Å²) in [5.41, 5.74) is 0. The van der Waals surface area contributed by atoms with Crippen molar-refractivity contribution in [3.05, 3.63) is 10.5 Å². The van der Waals surface area contributed by atoms with Gasteiger partial charge in [0.2, 0.25) is 5.91 Å². The van der Waals surface area contributed by atoms with Gasteiger partial charge in [0.15, 0.2) is 5.13 Å². The van der Waals surface area contributed by atoms with Crippen LogP contribution in [0.5, 0.6) is 0 Å². The summed E-state index contributed by atoms with van der Waals surface area (Å²) in [6.45, 7) is 3.70. The molecule has 1 saturated heterocycles. The second-order valence-corrected chi connectivity index (χ2v) is 9.43. The van der Waals surface area contributed by atoms with E-state index in [9.17, 15) is 9.59 Å². The Morgan fingerprint density at radius 3 is 2.46 bits per heavy atom. The van der Waals surface area contributed by atoms with Gasteiger partial charge in [-0.3, -0.25) is 10.1 Å². The molecule has 0 spiro atoms. The molecule has 9 heteroatoms. The molecule has 7 nitrogen and oxygen atoms in total. The Bertz CT molecular complexity index is 670. The van der Waals surface area contributed by atoms with E-state index in [2.05, 4.69) is 17.2 Å². The summed E-state index contributed by atoms with van der Waals surface area (Å²) in [6.07, 6.45) is 7.45. The van der Waals surface area contributed by atoms with Gasteiger partial charge >= 0.3 is 6.03 Å². The fourth-order valence-electron chi connectivity index (χ4n) is 4.23. The number of hydrogen-bond donors (Lipinski definition) is 1. The van der Waals surface area contributed by atoms with Gasteiger partial charge in [0, 0.05) is 32.3 Å². The number of piperidine rings is 1. The molecule has 1 aromatic heterocycles. The molecule has 156 valence electrons. The first kappa shape index (κ1) is 21.3. The van der Waals surface area contributed by atoms with Crippen LogP contribution in [-0.2, 0) is 9.53 Å². The van der Waals surface area contributed by atoms with Gasteiger partial charge in [-0.15, -0.1) is 0 Å². The summed E-state index contributed by atoms with van der Waals surface area (Å²) in [6, 6.07) is 0.255. The minimum atomic E-state index is -0.104. The number of nitrogens with one attached hydrogen (secondary N) is 1. The first-order chi connectivity index (χ1) is 13.5. The quantitative estimate of drug-likeness (QED) is 0.772. The van der Waals surface area contributed by atoms with Gasteiger partial charge in [-0.25, -0.2) is 9.78 Å². The molecule has 1 aliphatic carbocycles. The van der Waals surface area contributed by atoms with Crippen LogP contribution in [0.2, 0.25) is 4.34 Å². The Labute approximate surface area is 175 Å². The molecular formula is C19H29ClN4O3S. The van der Waals surface area contributed by atoms with Crippen LogP contribution in [0.1, 0.15) is 45.4 Å². The maximum absolute atomic E-state index is 13.2. The number of likely N-dealkylation sites (tertiary alicyclic amines) is 1. The molecule has 0 atom stereocenters. The Hall–Kier alpha value is -1.38. The average molecular weight is 429 g/mol. The van der Waals surface area contributed by atoms with Gasteiger partial charge in [-0.2, -0.15) is 0 Å². The summed E-state index contributed by atoms with van der Waals surface area (Å²) >= 11 is 7.22. The fourth-order valence-corrected chi connectivity index (χ4v) is 5.03. The van der Waals surface area contributed by atoms with Gasteiger partial charge in [0.25, 0.3) is 0 Å². The molecule has 0 aromatic carbocycles. The Morgan fingerprint density at radius 2 is 1.89 bits per heavy atom. The van der Waals surface area contributed by atoms with E-state index in [0.29, 0.717) is 28.5 Å². The number of halogens is 1. The molecule has 0 radical (unpaired) electrons. The summed E-state index contributed by atoms with van der Waals surface area (Å²) in [4.78, 5) is 33.3. The number of ether oxygens (including phenoxy) is 1. The largest absolute Gasteiger partial charge is 0.375 e. The highest BCUT2D eigenvalue weighted by molar-refractivity contribution is 7.19. The smallest absolute Gasteiger partial charge is 0.324 e. The maximum atomic E-state index is 13.2. The predicted molar refractivity (Wildman–Crippen MR) is 111 cm³/mol. The van der Waals surface area contributed by atoms with Crippen molar-refractivity contribution in [2.45, 2.75) is 57.5 Å². The number of urea groups is 1. The van der Waals surface area contributed by atoms with Crippen molar-refractivity contribution in [2.75, 3.05) is 32.1 Å². The minimum Gasteiger partial charge on any atom is -0.375 e. The van der Waals surface area contributed by atoms with E-state index in [0.717, 1.165) is 38.5 Å². The van der Waals surface area contributed by atoms with Gasteiger partial charge in [0.1, 0.15) is 10.9 Å². The second-order valence-electron chi connectivity index (χ2n) is 7.77. The van der Waals surface area contributed by atoms with Crippen molar-refractivity contribution in [3.63, 3.8) is 0 Å². The van der Waals surface area contributed by atoms with Crippen LogP contribution < -0.4 is 5.32 Å². The van der Waals surface area contributed by atoms with E-state index in [1.807, 2.05) is 9.80 Å². The second kappa shape index (κ2) is 9.89. The zero-order valence-electron chi connectivity index (χ0n) is 16.5. The molecule has 0 bridgehead atoms. The number of carbonyl (C=O) groups is 2. The number of rotatable bonds is 5. The number of nitrogens with zero attached hydrogens (tertiary/aromatic N) is 3. The van der Waals surface area contributed by atoms with E-state index >= 15 is 0 Å². The third-order valence-corrected chi connectivity index (χ3v) is 6.81. The highest BCUT2D eigenvalue weighted by Crippen LogP contribution is 2.32. The third kappa shape index (κ3) is 5.36. The summed E-state index contributed by atoms with van der Waals surface area (Å²) in [5.74, 6) is 0.730. The fraction of sp³-hybridized carbons (Fsp3) is 0.737. The van der Waals surface area contributed by atoms with Crippen LogP contribution in [0, 0.1) is 5.92 Å². The molecule has 2 aliphatic rings. The number of carbonyl (C=O) groups excluding carboxylic acids is 2. The summed E-state index contributed by atoms with van der Waals surface area (Å²) < 4.78 is 5.51. The lowest BCUT2D eigenvalue weighted by Crippen LogP contribution is -2.54. The van der Waals surface area contributed by atoms with E-state index < -0.39 is 0 Å². The van der Waals surface area contributed by atoms with E-state index in [4.69, 9.17) is 16.3 Å². The first-order valence-corrected chi connectivity index (χ1v) is 11.1. The van der Waals surface area contributed by atoms with Crippen molar-refractivity contribution in [3.8, 4) is 0 Å². The summed E-state index contributed by atoms with van der Waals surface area (Å²) in [5, 5.41) is 3.46. The molecule has 2 fully saturated rings. The van der Waals surface area contributed by atoms with E-state index in [-0.39, 0.29) is 30.6 Å². The van der Waals surface area contributed by atoms with Crippen molar-refractivity contribution < 1.29 is 14.3 Å². The van der Waals surface area contributed by atoms with Crippen molar-refractivity contribution in [2.24, 2.45) is 5.92 Å². The highest BCUT2D eigenvalue weighted by Gasteiger charge is 2.35. The Morgan fingerprint density at radius 1 is 1.25 bits per heavy atom. The van der Waals surface area contributed by atoms with Crippen LogP contribution in [0.15, 0.2) is 6.20 Å². The molecule has 3 rings (SSSR count). The number of hydrogen-bond acceptors (Lipinski definition) is 5. The Balaban J connectivity index is 1.67. The normalized spacial score (nSPS) is 23.5. The molecule has 1 N–H and O–H groups in total. The van der Waals surface area contributed by atoms with E-state index in [1.54, 1.807) is 6.20 Å². The lowest BCUT2D eigenvalue weighted by Gasteiger charge is -2.44. The topological polar surface area (TPSA) is 74.8 Å². The van der Waals surface area contributed by atoms with Gasteiger partial charge < -0.3 is 14.5 Å². The van der Waals surface area contributed by atoms with Crippen LogP contribution >= 0.6 is 22.9 Å². The molecule has 1 aromatic rings. The first-order valence-electron chi connectivity index (χ1n) is 9.95. The van der Waals surface area contributed by atoms with Crippen molar-refractivity contribution >= 4 is 40.0 Å². The molecular weight excluding hydrogens is 400 g/mol. The molecule has 28 heavy (non-hydrogen) atoms. The van der Waals surface area contributed by atoms with Crippen LogP contribution in [-0.4, -0.2) is 65.6 Å². The van der Waals surface area contributed by atoms with Crippen molar-refractivity contribution in [1.82, 2.24) is 14.8 Å². The summed E-state index contributed by atoms with van der Waals surface area (Å²) in [7, 11) is 1.53. The lowest BCUT2D eigenvalue weighted by molar-refractivity contribution is -0.136. The monoisotopic (exact) mass is 428 g/mol. The number of thiazole rings is 1. The van der Waals surface area contributed by atoms with Gasteiger partial charge in [-0.1, -0.05) is 29.9 Å². The zero-order chi connectivity index (χ0) is 20.1. The van der Waals surface area contributed by atoms with Gasteiger partial charge in [0.05, 0.1) is 6.20 Å². The lowest BCUT2D eigenvalue weighted by atomic mass is 9.85. The zero-order valence-corrected chi connectivity index (χ0v) is 18.1. The van der Waals surface area contributed by atoms with Crippen LogP contribution in [0.25, 0.3) is 0 Å². The number of anilines is 1. The number of aromatic nitrogens is 1. The number of amides is 3. The minimum absolute atomic E-state index is 0.0147. The number of methoxy groups -OCH3 is 1. The SMILES string of the molecule is COCC(=O)N1CCC(N(C(=O)Nc2ncc(Cl)s2)[C@H]2CC[C@H](C)CC2)CC1. The highest BCUT2D eigenvalue weighted by atomic mass is 35.5. The Kier molecular flexibility index (Phi) is 7.54. The third-order valence-electron chi connectivity index (χ3n) is 5.78. The van der Waals surface area contributed by atoms with Crippen LogP contribution in [0.4, 0.5) is 9.93 Å². The maximum Gasteiger partial charge on any atom is 0.324 e. The average Bonchev–Trinajstić information content (AvgIpc) is 3.09. The van der Waals surface area contributed by atoms with Crippen LogP contribution in [0.3, 0.4) is 0 Å². The van der Waals surface area contributed by atoms with Crippen molar-refractivity contribution in [1.29, 1.82) is 0 Å². The molecule has 0 unspecified atom stereocenters. The predicted octanol–water partition coefficient (Wildman–Crippen LogP) is 3.85. The van der Waals surface area contributed by atoms with Gasteiger partial charge in [-0.05, 0) is 44.4 Å². The molecule has 1 aliphatic heterocycles. The molecule has 3 amide bonds. The molecule has 1 saturated carbocycles.